The van der Waals surface area contributed by atoms with Gasteiger partial charge in [0.1, 0.15) is 0 Å². The van der Waals surface area contributed by atoms with Crippen molar-refractivity contribution in [2.75, 3.05) is 0 Å². The van der Waals surface area contributed by atoms with Crippen molar-refractivity contribution < 1.29 is 53.9 Å². The largest absolute Gasteiger partial charge is 1.00 e. The number of unbranched alkanes of at least 4 members (excludes halogenated alkanes) is 8. The quantitative estimate of drug-likeness (QED) is 0.208. The van der Waals surface area contributed by atoms with Crippen LogP contribution in [0.15, 0.2) is 0 Å². The second-order valence-corrected chi connectivity index (χ2v) is 5.48. The molecule has 0 saturated carbocycles. The fraction of sp³-hybridized carbons (Fsp3) is 0.917. The molecule has 0 aliphatic rings. The molecule has 0 saturated heterocycles. The Morgan fingerprint density at radius 1 is 0.818 bits per heavy atom. The van der Waals surface area contributed by atoms with E-state index >= 15 is 0 Å². The first-order valence-corrected chi connectivity index (χ1v) is 8.14. The van der Waals surface area contributed by atoms with Crippen LogP contribution in [-0.2, 0) is 10.4 Å². The van der Waals surface area contributed by atoms with E-state index in [1.807, 2.05) is 0 Å². The van der Waals surface area contributed by atoms with Crippen molar-refractivity contribution in [2.24, 2.45) is 0 Å². The van der Waals surface area contributed by atoms with Crippen molar-refractivity contribution >= 4 is 10.4 Å². The van der Waals surface area contributed by atoms with Gasteiger partial charge in [0.25, 0.3) is 0 Å². The summed E-state index contributed by atoms with van der Waals surface area (Å²) in [6.45, 7) is 0.678. The smallest absolute Gasteiger partial charge is 0.459 e. The fourth-order valence-electron chi connectivity index (χ4n) is 1.61. The average Bonchev–Trinajstić information content (AvgIpc) is 2.28. The van der Waals surface area contributed by atoms with Gasteiger partial charge in [-0.05, 0) is 6.42 Å². The van der Waals surface area contributed by atoms with Crippen LogP contribution < -0.4 is 18.9 Å². The number of hydrogen-bond donors (Lipinski definition) is 2. The minimum Gasteiger partial charge on any atom is -0.459 e. The van der Waals surface area contributed by atoms with E-state index in [-0.39, 0.29) is 25.3 Å². The van der Waals surface area contributed by atoms with Crippen LogP contribution in [0.5, 0.6) is 0 Å². The molecule has 0 atom stereocenters. The molecule has 0 aliphatic carbocycles. The van der Waals surface area contributed by atoms with Crippen LogP contribution in [0, 0.1) is 6.67 Å². The topological polar surface area (TPSA) is 74.6 Å². The molecule has 2 N–H and O–H groups in total. The predicted molar refractivity (Wildman–Crippen MR) is 71.8 cm³/mol. The SMILES string of the molecule is F[CH-]CCCCCCCCCCC(F)(F)F.O=S(=O)(O)O.[Li+]. The monoisotopic (exact) mass is 346 g/mol. The number of halogens is 4. The van der Waals surface area contributed by atoms with E-state index in [9.17, 15) is 17.6 Å². The predicted octanol–water partition coefficient (Wildman–Crippen LogP) is 1.93. The third-order valence-electron chi connectivity index (χ3n) is 2.52. The van der Waals surface area contributed by atoms with Crippen molar-refractivity contribution in [1.29, 1.82) is 0 Å². The molecule has 0 aromatic carbocycles. The Morgan fingerprint density at radius 3 is 1.45 bits per heavy atom. The Labute approximate surface area is 141 Å². The van der Waals surface area contributed by atoms with Crippen LogP contribution in [0.4, 0.5) is 17.6 Å². The maximum absolute atomic E-state index is 11.8. The summed E-state index contributed by atoms with van der Waals surface area (Å²) in [4.78, 5) is 0. The Bertz CT molecular complexity index is 316. The summed E-state index contributed by atoms with van der Waals surface area (Å²) in [5.74, 6) is 0. The van der Waals surface area contributed by atoms with Crippen LogP contribution in [-0.4, -0.2) is 23.7 Å². The zero-order chi connectivity index (χ0) is 16.8. The van der Waals surface area contributed by atoms with Crippen LogP contribution in [0.2, 0.25) is 0 Å². The Kier molecular flexibility index (Phi) is 19.7. The minimum atomic E-state index is -4.67. The molecule has 0 aromatic rings. The Hall–Kier alpha value is 0.187. The second-order valence-electron chi connectivity index (χ2n) is 4.58. The first-order chi connectivity index (χ1) is 9.56. The molecule has 4 nitrogen and oxygen atoms in total. The zero-order valence-corrected chi connectivity index (χ0v) is 13.6. The Morgan fingerprint density at radius 2 is 1.14 bits per heavy atom. The molecular weight excluding hydrogens is 323 g/mol. The molecule has 0 heterocycles. The second kappa shape index (κ2) is 16.1. The molecule has 0 bridgehead atoms. The van der Waals surface area contributed by atoms with E-state index in [4.69, 9.17) is 17.5 Å². The van der Waals surface area contributed by atoms with E-state index in [0.717, 1.165) is 38.5 Å². The summed E-state index contributed by atoms with van der Waals surface area (Å²) < 4.78 is 78.5. The first-order valence-electron chi connectivity index (χ1n) is 6.75. The summed E-state index contributed by atoms with van der Waals surface area (Å²) in [6.07, 6.45) is 2.67. The summed E-state index contributed by atoms with van der Waals surface area (Å²) in [6, 6.07) is 0. The summed E-state index contributed by atoms with van der Waals surface area (Å²) in [5, 5.41) is 0. The summed E-state index contributed by atoms with van der Waals surface area (Å²) in [7, 11) is -4.67. The van der Waals surface area contributed by atoms with E-state index in [0.29, 0.717) is 19.5 Å². The third kappa shape index (κ3) is 42.7. The number of hydrogen-bond acceptors (Lipinski definition) is 2. The molecule has 10 heteroatoms. The van der Waals surface area contributed by atoms with E-state index in [1.54, 1.807) is 0 Å². The van der Waals surface area contributed by atoms with Gasteiger partial charge in [-0.3, -0.25) is 9.11 Å². The third-order valence-corrected chi connectivity index (χ3v) is 2.52. The maximum Gasteiger partial charge on any atom is 1.00 e. The summed E-state index contributed by atoms with van der Waals surface area (Å²) >= 11 is 0. The van der Waals surface area contributed by atoms with Gasteiger partial charge in [0.2, 0.25) is 0 Å². The molecule has 0 aromatic heterocycles. The van der Waals surface area contributed by atoms with Crippen molar-refractivity contribution in [3.05, 3.63) is 6.67 Å². The minimum absolute atomic E-state index is 0. The molecule has 0 rings (SSSR count). The summed E-state index contributed by atoms with van der Waals surface area (Å²) in [5.41, 5.74) is 0. The molecule has 22 heavy (non-hydrogen) atoms. The molecule has 0 radical (unpaired) electrons. The van der Waals surface area contributed by atoms with Gasteiger partial charge in [-0.25, -0.2) is 0 Å². The maximum atomic E-state index is 11.8. The van der Waals surface area contributed by atoms with Crippen molar-refractivity contribution in [3.63, 3.8) is 0 Å². The fourth-order valence-corrected chi connectivity index (χ4v) is 1.61. The van der Waals surface area contributed by atoms with Crippen molar-refractivity contribution in [3.8, 4) is 0 Å². The van der Waals surface area contributed by atoms with Crippen molar-refractivity contribution in [1.82, 2.24) is 0 Å². The number of rotatable bonds is 10. The Balaban J connectivity index is -0.000000520. The van der Waals surface area contributed by atoms with Crippen LogP contribution in [0.25, 0.3) is 0 Å². The van der Waals surface area contributed by atoms with E-state index in [1.165, 1.54) is 0 Å². The van der Waals surface area contributed by atoms with Gasteiger partial charge in [0.15, 0.2) is 0 Å². The van der Waals surface area contributed by atoms with Gasteiger partial charge in [-0.1, -0.05) is 44.9 Å². The van der Waals surface area contributed by atoms with E-state index < -0.39 is 23.0 Å². The molecule has 0 unspecified atom stereocenters. The normalized spacial score (nSPS) is 11.4. The average molecular weight is 346 g/mol. The molecule has 0 amide bonds. The molecule has 0 spiro atoms. The standard InChI is InChI=1S/C12H21F4.Li.H2O4S/c13-11-9-7-5-3-1-2-4-6-8-10-12(14,15)16;;1-5(2,3)4/h11H,1-10H2;;(H2,1,2,3,4)/q-1;+1;. The van der Waals surface area contributed by atoms with Gasteiger partial charge in [-0.15, -0.1) is 0 Å². The molecule has 130 valence electrons. The van der Waals surface area contributed by atoms with Crippen LogP contribution >= 0.6 is 0 Å². The van der Waals surface area contributed by atoms with E-state index in [2.05, 4.69) is 0 Å². The zero-order valence-electron chi connectivity index (χ0n) is 12.8. The van der Waals surface area contributed by atoms with Gasteiger partial charge in [0.05, 0.1) is 0 Å². The molecule has 0 aliphatic heterocycles. The van der Waals surface area contributed by atoms with Crippen LogP contribution in [0.1, 0.15) is 64.2 Å². The van der Waals surface area contributed by atoms with Crippen molar-refractivity contribution in [2.45, 2.75) is 70.4 Å². The van der Waals surface area contributed by atoms with Crippen LogP contribution in [0.3, 0.4) is 0 Å². The van der Waals surface area contributed by atoms with Gasteiger partial charge < -0.3 is 4.39 Å². The first kappa shape index (κ1) is 27.1. The van der Waals surface area contributed by atoms with Gasteiger partial charge >= 0.3 is 35.4 Å². The number of alkyl halides is 3. The van der Waals surface area contributed by atoms with Gasteiger partial charge in [0, 0.05) is 6.42 Å². The molecular formula is C12H23F4LiO4S. The molecule has 0 fully saturated rings. The van der Waals surface area contributed by atoms with Gasteiger partial charge in [-0.2, -0.15) is 34.7 Å².